The molecule has 0 radical (unpaired) electrons. The molecule has 0 aromatic heterocycles. The highest BCUT2D eigenvalue weighted by Crippen LogP contribution is 2.44. The first-order valence-corrected chi connectivity index (χ1v) is 12.6. The smallest absolute Gasteiger partial charge is 0.365 e. The van der Waals surface area contributed by atoms with E-state index < -0.39 is 41.1 Å². The summed E-state index contributed by atoms with van der Waals surface area (Å²) in [6.45, 7) is 5.27. The van der Waals surface area contributed by atoms with Gasteiger partial charge in [0.15, 0.2) is 11.0 Å². The number of aliphatic hydroxyl groups is 2. The predicted octanol–water partition coefficient (Wildman–Crippen LogP) is 1.77. The summed E-state index contributed by atoms with van der Waals surface area (Å²) in [6, 6.07) is 8.49. The Hall–Kier alpha value is -2.79. The second-order valence-corrected chi connectivity index (χ2v) is 10.3. The number of aliphatic hydroxyl groups excluding tert-OH is 2. The van der Waals surface area contributed by atoms with Gasteiger partial charge in [-0.1, -0.05) is 25.1 Å². The lowest BCUT2D eigenvalue weighted by Crippen LogP contribution is -2.65. The normalized spacial score (nSPS) is 24.1. The number of nitrogens with zero attached hydrogens (tertiary/aromatic N) is 1. The number of carbonyl (C=O) groups is 2. The topological polar surface area (TPSA) is 125 Å². The van der Waals surface area contributed by atoms with E-state index in [-0.39, 0.29) is 18.4 Å². The van der Waals surface area contributed by atoms with Crippen molar-refractivity contribution in [2.45, 2.75) is 50.3 Å². The molecular weight excluding hydrogens is 472 g/mol. The predicted molar refractivity (Wildman–Crippen MR) is 131 cm³/mol. The summed E-state index contributed by atoms with van der Waals surface area (Å²) < 4.78 is 15.5. The van der Waals surface area contributed by atoms with Crippen LogP contribution in [0.25, 0.3) is 10.8 Å². The molecule has 2 aromatic carbocycles. The van der Waals surface area contributed by atoms with E-state index in [1.807, 2.05) is 44.2 Å². The van der Waals surface area contributed by atoms with Crippen LogP contribution < -0.4 is 9.62 Å². The number of hydrogen-bond donors (Lipinski definition) is 3. The fraction of sp³-hybridized carbons (Fsp3) is 0.440. The molecule has 2 aliphatic heterocycles. The monoisotopic (exact) mass is 502 g/mol. The molecule has 0 spiro atoms. The lowest BCUT2D eigenvalue weighted by Gasteiger charge is -2.44. The SMILES string of the molecule is COOC(=O)/C=C(/C(C)C1NC(=O)C1[C@@H](C)O)C(C)N1c2cccc3c(CCO)ccc(c23)S1=O. The lowest BCUT2D eigenvalue weighted by atomic mass is 9.74. The van der Waals surface area contributed by atoms with Gasteiger partial charge in [-0.25, -0.2) is 9.00 Å². The molecule has 0 bridgehead atoms. The minimum atomic E-state index is -1.55. The van der Waals surface area contributed by atoms with Crippen LogP contribution >= 0.6 is 0 Å². The van der Waals surface area contributed by atoms with Gasteiger partial charge in [0.2, 0.25) is 5.91 Å². The first kappa shape index (κ1) is 25.3. The fourth-order valence-corrected chi connectivity index (χ4v) is 6.75. The van der Waals surface area contributed by atoms with E-state index in [2.05, 4.69) is 15.1 Å². The summed E-state index contributed by atoms with van der Waals surface area (Å²) in [5.41, 5.74) is 2.30. The summed E-state index contributed by atoms with van der Waals surface area (Å²) in [7, 11) is -0.327. The molecule has 1 amide bonds. The van der Waals surface area contributed by atoms with E-state index >= 15 is 0 Å². The van der Waals surface area contributed by atoms with Gasteiger partial charge in [-0.2, -0.15) is 4.89 Å². The van der Waals surface area contributed by atoms with E-state index in [0.29, 0.717) is 16.9 Å². The van der Waals surface area contributed by atoms with Crippen molar-refractivity contribution in [1.29, 1.82) is 0 Å². The molecule has 4 rings (SSSR count). The number of anilines is 1. The van der Waals surface area contributed by atoms with Crippen LogP contribution in [0.2, 0.25) is 0 Å². The zero-order valence-electron chi connectivity index (χ0n) is 20.1. The molecule has 3 N–H and O–H groups in total. The second-order valence-electron chi connectivity index (χ2n) is 8.95. The molecule has 2 heterocycles. The highest BCUT2D eigenvalue weighted by atomic mass is 32.2. The third-order valence-electron chi connectivity index (χ3n) is 6.92. The van der Waals surface area contributed by atoms with Crippen LogP contribution in [0.3, 0.4) is 0 Å². The van der Waals surface area contributed by atoms with E-state index in [9.17, 15) is 24.0 Å². The largest absolute Gasteiger partial charge is 0.396 e. The van der Waals surface area contributed by atoms with Crippen molar-refractivity contribution in [3.63, 3.8) is 0 Å². The summed E-state index contributed by atoms with van der Waals surface area (Å²) in [5, 5.41) is 24.2. The number of nitrogens with one attached hydrogen (secondary N) is 1. The van der Waals surface area contributed by atoms with Crippen LogP contribution in [0.15, 0.2) is 46.9 Å². The van der Waals surface area contributed by atoms with Gasteiger partial charge in [-0.05, 0) is 48.9 Å². The zero-order chi connectivity index (χ0) is 25.4. The maximum absolute atomic E-state index is 13.7. The van der Waals surface area contributed by atoms with Crippen LogP contribution in [0.5, 0.6) is 0 Å². The van der Waals surface area contributed by atoms with Crippen LogP contribution in [0.1, 0.15) is 26.3 Å². The minimum absolute atomic E-state index is 0.00540. The van der Waals surface area contributed by atoms with Crippen molar-refractivity contribution in [2.75, 3.05) is 18.0 Å². The minimum Gasteiger partial charge on any atom is -0.396 e. The van der Waals surface area contributed by atoms with Crippen molar-refractivity contribution in [2.24, 2.45) is 11.8 Å². The van der Waals surface area contributed by atoms with Crippen LogP contribution in [-0.2, 0) is 36.8 Å². The van der Waals surface area contributed by atoms with Gasteiger partial charge >= 0.3 is 5.97 Å². The summed E-state index contributed by atoms with van der Waals surface area (Å²) in [4.78, 5) is 34.4. The van der Waals surface area contributed by atoms with Crippen LogP contribution in [-0.4, -0.2) is 58.2 Å². The van der Waals surface area contributed by atoms with E-state index in [4.69, 9.17) is 0 Å². The lowest BCUT2D eigenvalue weighted by molar-refractivity contribution is -0.249. The van der Waals surface area contributed by atoms with E-state index in [1.165, 1.54) is 13.2 Å². The average molecular weight is 503 g/mol. The Morgan fingerprint density at radius 1 is 1.26 bits per heavy atom. The second kappa shape index (κ2) is 10.1. The molecule has 1 fully saturated rings. The molecule has 6 atom stereocenters. The molecule has 188 valence electrons. The van der Waals surface area contributed by atoms with E-state index in [1.54, 1.807) is 11.2 Å². The number of amides is 1. The Kier molecular flexibility index (Phi) is 7.27. The quantitative estimate of drug-likeness (QED) is 0.207. The van der Waals surface area contributed by atoms with Crippen molar-refractivity contribution < 1.29 is 33.8 Å². The van der Waals surface area contributed by atoms with Crippen LogP contribution in [0, 0.1) is 11.8 Å². The first-order valence-electron chi connectivity index (χ1n) is 11.5. The van der Waals surface area contributed by atoms with Crippen LogP contribution in [0.4, 0.5) is 5.69 Å². The molecule has 1 saturated heterocycles. The molecule has 2 aromatic rings. The maximum atomic E-state index is 13.7. The van der Waals surface area contributed by atoms with Gasteiger partial charge in [0.25, 0.3) is 0 Å². The van der Waals surface area contributed by atoms with Gasteiger partial charge in [-0.15, -0.1) is 0 Å². The average Bonchev–Trinajstić information content (AvgIpc) is 3.09. The van der Waals surface area contributed by atoms with Gasteiger partial charge in [0.05, 0.1) is 35.8 Å². The number of β-lactam (4-membered cyclic amide) rings is 1. The Morgan fingerprint density at radius 3 is 2.63 bits per heavy atom. The number of rotatable bonds is 9. The van der Waals surface area contributed by atoms with E-state index in [0.717, 1.165) is 22.0 Å². The zero-order valence-corrected chi connectivity index (χ0v) is 20.9. The van der Waals surface area contributed by atoms with Crippen molar-refractivity contribution >= 4 is 39.3 Å². The number of benzene rings is 2. The third-order valence-corrected chi connectivity index (χ3v) is 8.51. The highest BCUT2D eigenvalue weighted by Gasteiger charge is 2.47. The number of carbonyl (C=O) groups excluding carboxylic acids is 2. The van der Waals surface area contributed by atoms with Crippen molar-refractivity contribution in [3.05, 3.63) is 47.5 Å². The first-order chi connectivity index (χ1) is 16.7. The molecule has 0 aliphatic carbocycles. The Bertz CT molecular complexity index is 1210. The van der Waals surface area contributed by atoms with Gasteiger partial charge in [0.1, 0.15) is 0 Å². The molecule has 0 saturated carbocycles. The van der Waals surface area contributed by atoms with Gasteiger partial charge in [-0.3, -0.25) is 14.0 Å². The number of hydrogen-bond acceptors (Lipinski definition) is 7. The van der Waals surface area contributed by atoms with Crippen molar-refractivity contribution in [3.8, 4) is 0 Å². The maximum Gasteiger partial charge on any atom is 0.365 e. The molecule has 9 nitrogen and oxygen atoms in total. The standard InChI is InChI=1S/C25H30N2O7S/c1-13(24-22(15(3)29)25(31)26-24)18(12-21(30)34-33-4)14(2)27-19-7-5-6-17-16(10-11-28)8-9-20(23(17)19)35(27)32/h5-9,12-15,22,24,28-29H,10-11H2,1-4H3,(H,26,31)/b18-12-/t13?,14?,15-,22?,24?,35?/m1/s1. The third kappa shape index (κ3) is 4.35. The highest BCUT2D eigenvalue weighted by molar-refractivity contribution is 7.87. The summed E-state index contributed by atoms with van der Waals surface area (Å²) in [6.07, 6.45) is 0.928. The summed E-state index contributed by atoms with van der Waals surface area (Å²) >= 11 is 0. The Morgan fingerprint density at radius 2 is 2.00 bits per heavy atom. The van der Waals surface area contributed by atoms with Gasteiger partial charge in [0, 0.05) is 30.0 Å². The molecule has 35 heavy (non-hydrogen) atoms. The fourth-order valence-electron chi connectivity index (χ4n) is 5.22. The van der Waals surface area contributed by atoms with Crippen molar-refractivity contribution in [1.82, 2.24) is 5.32 Å². The Balaban J connectivity index is 1.76. The molecule has 5 unspecified atom stereocenters. The Labute approximate surface area is 206 Å². The van der Waals surface area contributed by atoms with Gasteiger partial charge < -0.3 is 15.5 Å². The molecular formula is C25H30N2O7S. The molecule has 2 aliphatic rings. The summed E-state index contributed by atoms with van der Waals surface area (Å²) in [5.74, 6) is -1.98. The molecule has 10 heteroatoms.